The summed E-state index contributed by atoms with van der Waals surface area (Å²) in [4.78, 5) is 19.3. The Morgan fingerprint density at radius 3 is 3.05 bits per heavy atom. The zero-order chi connectivity index (χ0) is 14.7. The van der Waals surface area contributed by atoms with Crippen LogP contribution in [0.15, 0.2) is 35.8 Å². The van der Waals surface area contributed by atoms with Gasteiger partial charge in [0.2, 0.25) is 5.91 Å². The lowest BCUT2D eigenvalue weighted by molar-refractivity contribution is -0.120. The molecule has 0 aliphatic heterocycles. The highest BCUT2D eigenvalue weighted by Gasteiger charge is 2.08. The number of thiazole rings is 1. The van der Waals surface area contributed by atoms with Crippen LogP contribution in [0.25, 0.3) is 10.9 Å². The predicted octanol–water partition coefficient (Wildman–Crippen LogP) is 2.11. The Bertz CT molecular complexity index is 762. The second-order valence-electron chi connectivity index (χ2n) is 4.81. The van der Waals surface area contributed by atoms with Gasteiger partial charge in [-0.2, -0.15) is 0 Å². The van der Waals surface area contributed by atoms with E-state index >= 15 is 0 Å². The standard InChI is InChI=1S/C15H16N4OS/c16-15-19-11(9-21-15)5-6-17-14(20)7-10-8-18-13-4-2-1-3-12(10)13/h1-4,8-9,18H,5-7H2,(H2,16,19)(H,17,20). The molecule has 1 aromatic carbocycles. The number of nitrogens with zero attached hydrogens (tertiary/aromatic N) is 1. The maximum Gasteiger partial charge on any atom is 0.224 e. The molecule has 0 unspecified atom stereocenters. The molecule has 3 rings (SSSR count). The highest BCUT2D eigenvalue weighted by atomic mass is 32.1. The van der Waals surface area contributed by atoms with Gasteiger partial charge in [-0.3, -0.25) is 4.79 Å². The Balaban J connectivity index is 1.54. The smallest absolute Gasteiger partial charge is 0.224 e. The van der Waals surface area contributed by atoms with Crippen LogP contribution in [-0.2, 0) is 17.6 Å². The van der Waals surface area contributed by atoms with Crippen LogP contribution < -0.4 is 11.1 Å². The molecular weight excluding hydrogens is 284 g/mol. The fourth-order valence-corrected chi connectivity index (χ4v) is 2.88. The number of hydrogen-bond acceptors (Lipinski definition) is 4. The third-order valence-electron chi connectivity index (χ3n) is 3.30. The maximum atomic E-state index is 12.0. The van der Waals surface area contributed by atoms with Crippen molar-refractivity contribution in [1.29, 1.82) is 0 Å². The van der Waals surface area contributed by atoms with Crippen LogP contribution in [0, 0.1) is 0 Å². The summed E-state index contributed by atoms with van der Waals surface area (Å²) in [7, 11) is 0. The number of amides is 1. The van der Waals surface area contributed by atoms with Crippen molar-refractivity contribution in [3.05, 3.63) is 47.1 Å². The number of anilines is 1. The minimum absolute atomic E-state index is 0.0166. The molecule has 0 aliphatic carbocycles. The summed E-state index contributed by atoms with van der Waals surface area (Å²) < 4.78 is 0. The number of carbonyl (C=O) groups is 1. The van der Waals surface area contributed by atoms with Crippen LogP contribution in [0.1, 0.15) is 11.3 Å². The topological polar surface area (TPSA) is 83.8 Å². The van der Waals surface area contributed by atoms with Crippen LogP contribution in [0.4, 0.5) is 5.13 Å². The van der Waals surface area contributed by atoms with Crippen molar-refractivity contribution in [3.8, 4) is 0 Å². The highest BCUT2D eigenvalue weighted by Crippen LogP contribution is 2.18. The lowest BCUT2D eigenvalue weighted by Gasteiger charge is -2.03. The van der Waals surface area contributed by atoms with Crippen LogP contribution in [0.5, 0.6) is 0 Å². The number of nitrogen functional groups attached to an aromatic ring is 1. The van der Waals surface area contributed by atoms with Crippen molar-refractivity contribution in [2.24, 2.45) is 0 Å². The Hall–Kier alpha value is -2.34. The van der Waals surface area contributed by atoms with Gasteiger partial charge in [0.1, 0.15) is 0 Å². The van der Waals surface area contributed by atoms with Crippen molar-refractivity contribution in [3.63, 3.8) is 0 Å². The molecule has 0 aliphatic rings. The maximum absolute atomic E-state index is 12.0. The Morgan fingerprint density at radius 1 is 1.38 bits per heavy atom. The van der Waals surface area contributed by atoms with E-state index in [0.29, 0.717) is 24.5 Å². The van der Waals surface area contributed by atoms with E-state index < -0.39 is 0 Å². The molecule has 3 aromatic rings. The number of benzene rings is 1. The number of fused-ring (bicyclic) bond motifs is 1. The first kappa shape index (κ1) is 13.6. The molecular formula is C15H16N4OS. The first-order valence-electron chi connectivity index (χ1n) is 6.74. The van der Waals surface area contributed by atoms with E-state index in [1.807, 2.05) is 35.8 Å². The van der Waals surface area contributed by atoms with Crippen molar-refractivity contribution >= 4 is 33.3 Å². The largest absolute Gasteiger partial charge is 0.375 e. The number of nitrogens with one attached hydrogen (secondary N) is 2. The van der Waals surface area contributed by atoms with Gasteiger partial charge in [0.15, 0.2) is 5.13 Å². The SMILES string of the molecule is Nc1nc(CCNC(=O)Cc2c[nH]c3ccccc23)cs1. The molecule has 0 bridgehead atoms. The van der Waals surface area contributed by atoms with E-state index in [-0.39, 0.29) is 5.91 Å². The summed E-state index contributed by atoms with van der Waals surface area (Å²) in [5.41, 5.74) is 8.56. The fraction of sp³-hybridized carbons (Fsp3) is 0.200. The van der Waals surface area contributed by atoms with E-state index in [4.69, 9.17) is 5.73 Å². The Labute approximate surface area is 126 Å². The van der Waals surface area contributed by atoms with Gasteiger partial charge in [-0.05, 0) is 11.6 Å². The molecule has 0 radical (unpaired) electrons. The minimum Gasteiger partial charge on any atom is -0.375 e. The number of hydrogen-bond donors (Lipinski definition) is 3. The van der Waals surface area contributed by atoms with Crippen molar-refractivity contribution in [2.45, 2.75) is 12.8 Å². The molecule has 0 fully saturated rings. The monoisotopic (exact) mass is 300 g/mol. The summed E-state index contributed by atoms with van der Waals surface area (Å²) in [6.45, 7) is 0.574. The van der Waals surface area contributed by atoms with Gasteiger partial charge in [0.25, 0.3) is 0 Å². The summed E-state index contributed by atoms with van der Waals surface area (Å²) >= 11 is 1.42. The molecule has 0 atom stereocenters. The molecule has 2 heterocycles. The van der Waals surface area contributed by atoms with Crippen LogP contribution >= 0.6 is 11.3 Å². The third-order valence-corrected chi connectivity index (χ3v) is 4.02. The molecule has 0 saturated carbocycles. The average molecular weight is 300 g/mol. The normalized spacial score (nSPS) is 10.9. The second-order valence-corrected chi connectivity index (χ2v) is 5.70. The number of carbonyl (C=O) groups excluding carboxylic acids is 1. The van der Waals surface area contributed by atoms with E-state index in [2.05, 4.69) is 15.3 Å². The van der Waals surface area contributed by atoms with E-state index in [0.717, 1.165) is 22.2 Å². The van der Waals surface area contributed by atoms with E-state index in [1.165, 1.54) is 11.3 Å². The molecule has 0 spiro atoms. The first-order chi connectivity index (χ1) is 10.2. The van der Waals surface area contributed by atoms with Crippen LogP contribution in [-0.4, -0.2) is 22.4 Å². The van der Waals surface area contributed by atoms with E-state index in [9.17, 15) is 4.79 Å². The second kappa shape index (κ2) is 5.97. The summed E-state index contributed by atoms with van der Waals surface area (Å²) in [5, 5.41) is 6.49. The van der Waals surface area contributed by atoms with Crippen molar-refractivity contribution in [1.82, 2.24) is 15.3 Å². The molecule has 21 heavy (non-hydrogen) atoms. The Morgan fingerprint density at radius 2 is 2.24 bits per heavy atom. The average Bonchev–Trinajstić information content (AvgIpc) is 3.06. The van der Waals surface area contributed by atoms with Crippen molar-refractivity contribution in [2.75, 3.05) is 12.3 Å². The van der Waals surface area contributed by atoms with Gasteiger partial charge >= 0.3 is 0 Å². The number of rotatable bonds is 5. The van der Waals surface area contributed by atoms with E-state index in [1.54, 1.807) is 0 Å². The third kappa shape index (κ3) is 3.22. The van der Waals surface area contributed by atoms with Gasteiger partial charge in [-0.1, -0.05) is 18.2 Å². The van der Waals surface area contributed by atoms with Gasteiger partial charge in [-0.15, -0.1) is 11.3 Å². The van der Waals surface area contributed by atoms with Gasteiger partial charge in [0, 0.05) is 35.4 Å². The molecule has 1 amide bonds. The summed E-state index contributed by atoms with van der Waals surface area (Å²) in [6, 6.07) is 7.97. The molecule has 5 nitrogen and oxygen atoms in total. The number of H-pyrrole nitrogens is 1. The summed E-state index contributed by atoms with van der Waals surface area (Å²) in [5.74, 6) is 0.0166. The summed E-state index contributed by atoms with van der Waals surface area (Å²) in [6.07, 6.45) is 2.97. The Kier molecular flexibility index (Phi) is 3.87. The van der Waals surface area contributed by atoms with Crippen LogP contribution in [0.3, 0.4) is 0 Å². The molecule has 108 valence electrons. The molecule has 2 aromatic heterocycles. The number of aromatic amines is 1. The van der Waals surface area contributed by atoms with Gasteiger partial charge < -0.3 is 16.0 Å². The lowest BCUT2D eigenvalue weighted by atomic mass is 10.1. The number of aromatic nitrogens is 2. The highest BCUT2D eigenvalue weighted by molar-refractivity contribution is 7.13. The zero-order valence-electron chi connectivity index (χ0n) is 11.4. The minimum atomic E-state index is 0.0166. The molecule has 4 N–H and O–H groups in total. The predicted molar refractivity (Wildman–Crippen MR) is 85.2 cm³/mol. The van der Waals surface area contributed by atoms with Gasteiger partial charge in [0.05, 0.1) is 12.1 Å². The fourth-order valence-electron chi connectivity index (χ4n) is 2.28. The van der Waals surface area contributed by atoms with Crippen LogP contribution in [0.2, 0.25) is 0 Å². The number of nitrogens with two attached hydrogens (primary N) is 1. The molecule has 0 saturated heterocycles. The zero-order valence-corrected chi connectivity index (χ0v) is 12.2. The number of para-hydroxylation sites is 1. The quantitative estimate of drug-likeness (QED) is 0.675. The van der Waals surface area contributed by atoms with Gasteiger partial charge in [-0.25, -0.2) is 4.98 Å². The van der Waals surface area contributed by atoms with Crippen molar-refractivity contribution < 1.29 is 4.79 Å². The molecule has 6 heteroatoms. The lowest BCUT2D eigenvalue weighted by Crippen LogP contribution is -2.27. The first-order valence-corrected chi connectivity index (χ1v) is 7.62.